The Balaban J connectivity index is 1.61. The molecule has 0 amide bonds. The molecule has 0 bridgehead atoms. The predicted octanol–water partition coefficient (Wildman–Crippen LogP) is 3.23. The van der Waals surface area contributed by atoms with Gasteiger partial charge in [-0.15, -0.1) is 0 Å². The molecule has 0 radical (unpaired) electrons. The van der Waals surface area contributed by atoms with Gasteiger partial charge in [-0.05, 0) is 86.5 Å². The molecular formula is C18H28N2O. The number of hydrogen-bond donors (Lipinski definition) is 2. The predicted molar refractivity (Wildman–Crippen MR) is 84.7 cm³/mol. The molecule has 0 aliphatic heterocycles. The zero-order valence-corrected chi connectivity index (χ0v) is 13.1. The summed E-state index contributed by atoms with van der Waals surface area (Å²) in [7, 11) is 0. The number of rotatable bonds is 0. The molecule has 4 aliphatic rings. The molecule has 3 N–H and O–H groups in total. The van der Waals surface area contributed by atoms with Gasteiger partial charge in [0.05, 0.1) is 11.8 Å². The first-order valence-corrected chi connectivity index (χ1v) is 8.79. The standard InChI is InChI=1S/C18H28N2O/c1-18-9-8-14-13-5-3-12(20-19)10-11(13)2-4-15(14)16(18)6-7-17(18)21/h10,13-17,21H,2-9,19H2,1H3/t13-,14+,15+,16-,17-,18-/m0/s1. The van der Waals surface area contributed by atoms with Gasteiger partial charge in [0.25, 0.3) is 0 Å². The largest absolute Gasteiger partial charge is 0.393 e. The monoisotopic (exact) mass is 288 g/mol. The average Bonchev–Trinajstić information content (AvgIpc) is 2.82. The van der Waals surface area contributed by atoms with E-state index < -0.39 is 0 Å². The number of nitrogens with zero attached hydrogens (tertiary/aromatic N) is 1. The van der Waals surface area contributed by atoms with Gasteiger partial charge in [0.1, 0.15) is 0 Å². The van der Waals surface area contributed by atoms with Crippen LogP contribution in [0, 0.1) is 29.1 Å². The minimum Gasteiger partial charge on any atom is -0.393 e. The number of nitrogens with two attached hydrogens (primary N) is 1. The normalized spacial score (nSPS) is 51.0. The highest BCUT2D eigenvalue weighted by Crippen LogP contribution is 2.61. The van der Waals surface area contributed by atoms with Crippen molar-refractivity contribution in [2.75, 3.05) is 0 Å². The molecule has 6 atom stereocenters. The molecule has 3 fully saturated rings. The van der Waals surface area contributed by atoms with E-state index in [0.717, 1.165) is 42.2 Å². The number of allylic oxidation sites excluding steroid dienone is 2. The minimum atomic E-state index is -0.0530. The first-order chi connectivity index (χ1) is 10.1. The molecule has 0 aromatic carbocycles. The summed E-state index contributed by atoms with van der Waals surface area (Å²) in [5, 5.41) is 14.4. The average molecular weight is 288 g/mol. The number of hydrazone groups is 1. The molecule has 0 aromatic rings. The van der Waals surface area contributed by atoms with Crippen LogP contribution in [0.1, 0.15) is 58.3 Å². The van der Waals surface area contributed by atoms with E-state index in [1.165, 1.54) is 38.5 Å². The van der Waals surface area contributed by atoms with Crippen LogP contribution in [0.3, 0.4) is 0 Å². The summed E-state index contributed by atoms with van der Waals surface area (Å²) in [6, 6.07) is 0. The van der Waals surface area contributed by atoms with Crippen LogP contribution >= 0.6 is 0 Å². The maximum atomic E-state index is 10.4. The molecular weight excluding hydrogens is 260 g/mol. The summed E-state index contributed by atoms with van der Waals surface area (Å²) in [4.78, 5) is 0. The summed E-state index contributed by atoms with van der Waals surface area (Å²) in [5.41, 5.74) is 2.92. The number of aliphatic hydroxyl groups is 1. The lowest BCUT2D eigenvalue weighted by molar-refractivity contribution is -0.0525. The maximum Gasteiger partial charge on any atom is 0.0600 e. The van der Waals surface area contributed by atoms with E-state index >= 15 is 0 Å². The van der Waals surface area contributed by atoms with Crippen molar-refractivity contribution in [2.24, 2.45) is 40.0 Å². The fraction of sp³-hybridized carbons (Fsp3) is 0.833. The van der Waals surface area contributed by atoms with Gasteiger partial charge >= 0.3 is 0 Å². The summed E-state index contributed by atoms with van der Waals surface area (Å²) in [6.07, 6.45) is 11.9. The van der Waals surface area contributed by atoms with Crippen molar-refractivity contribution in [3.05, 3.63) is 11.6 Å². The van der Waals surface area contributed by atoms with Crippen LogP contribution in [0.25, 0.3) is 0 Å². The van der Waals surface area contributed by atoms with Crippen molar-refractivity contribution in [1.82, 2.24) is 0 Å². The van der Waals surface area contributed by atoms with Gasteiger partial charge in [-0.2, -0.15) is 5.10 Å². The fourth-order valence-electron chi connectivity index (χ4n) is 6.27. The lowest BCUT2D eigenvalue weighted by atomic mass is 9.52. The first kappa shape index (κ1) is 13.8. The minimum absolute atomic E-state index is 0.0530. The second kappa shape index (κ2) is 4.84. The maximum absolute atomic E-state index is 10.4. The van der Waals surface area contributed by atoms with Crippen LogP contribution in [0.4, 0.5) is 0 Å². The van der Waals surface area contributed by atoms with Crippen molar-refractivity contribution < 1.29 is 5.11 Å². The smallest absolute Gasteiger partial charge is 0.0600 e. The Hall–Kier alpha value is -0.830. The highest BCUT2D eigenvalue weighted by Gasteiger charge is 2.55. The molecule has 0 unspecified atom stereocenters. The highest BCUT2D eigenvalue weighted by atomic mass is 16.3. The van der Waals surface area contributed by atoms with E-state index in [1.807, 2.05) is 0 Å². The molecule has 3 heteroatoms. The quantitative estimate of drug-likeness (QED) is 0.531. The van der Waals surface area contributed by atoms with Gasteiger partial charge in [-0.3, -0.25) is 0 Å². The Morgan fingerprint density at radius 2 is 2.00 bits per heavy atom. The van der Waals surface area contributed by atoms with Crippen molar-refractivity contribution in [1.29, 1.82) is 0 Å². The number of aliphatic hydroxyl groups excluding tert-OH is 1. The van der Waals surface area contributed by atoms with Crippen LogP contribution in [-0.2, 0) is 0 Å². The molecule has 116 valence electrons. The van der Waals surface area contributed by atoms with Crippen molar-refractivity contribution in [3.8, 4) is 0 Å². The second-order valence-corrected chi connectivity index (χ2v) is 8.10. The number of fused-ring (bicyclic) bond motifs is 5. The molecule has 3 saturated carbocycles. The fourth-order valence-corrected chi connectivity index (χ4v) is 6.27. The Labute approximate surface area is 127 Å². The van der Waals surface area contributed by atoms with Crippen LogP contribution in [0.5, 0.6) is 0 Å². The van der Waals surface area contributed by atoms with Gasteiger partial charge in [-0.1, -0.05) is 12.5 Å². The van der Waals surface area contributed by atoms with Gasteiger partial charge in [-0.25, -0.2) is 0 Å². The molecule has 0 saturated heterocycles. The Morgan fingerprint density at radius 3 is 2.81 bits per heavy atom. The molecule has 0 spiro atoms. The SMILES string of the molecule is C[C@]12CC[C@H]3[C@@H](CCC4=CC(=NN)CC[C@@H]43)[C@@H]1CC[C@@H]2O. The van der Waals surface area contributed by atoms with Crippen molar-refractivity contribution in [3.63, 3.8) is 0 Å². The molecule has 4 aliphatic carbocycles. The highest BCUT2D eigenvalue weighted by molar-refractivity contribution is 5.96. The Morgan fingerprint density at radius 1 is 1.14 bits per heavy atom. The van der Waals surface area contributed by atoms with Crippen molar-refractivity contribution in [2.45, 2.75) is 64.4 Å². The zero-order chi connectivity index (χ0) is 14.6. The van der Waals surface area contributed by atoms with E-state index in [2.05, 4.69) is 18.1 Å². The Kier molecular flexibility index (Phi) is 3.18. The van der Waals surface area contributed by atoms with E-state index in [4.69, 9.17) is 5.84 Å². The zero-order valence-electron chi connectivity index (χ0n) is 13.1. The lowest BCUT2D eigenvalue weighted by Gasteiger charge is -2.53. The first-order valence-electron chi connectivity index (χ1n) is 8.79. The number of hydrogen-bond acceptors (Lipinski definition) is 3. The van der Waals surface area contributed by atoms with Crippen LogP contribution in [0.15, 0.2) is 16.8 Å². The summed E-state index contributed by atoms with van der Waals surface area (Å²) in [6.45, 7) is 2.36. The van der Waals surface area contributed by atoms with Crippen LogP contribution < -0.4 is 5.84 Å². The third kappa shape index (κ3) is 1.93. The van der Waals surface area contributed by atoms with E-state index in [1.54, 1.807) is 5.57 Å². The third-order valence-corrected chi connectivity index (χ3v) is 7.43. The molecule has 0 aromatic heterocycles. The third-order valence-electron chi connectivity index (χ3n) is 7.43. The molecule has 0 heterocycles. The molecule has 3 nitrogen and oxygen atoms in total. The van der Waals surface area contributed by atoms with Crippen LogP contribution in [-0.4, -0.2) is 16.9 Å². The van der Waals surface area contributed by atoms with Gasteiger partial charge in [0.15, 0.2) is 0 Å². The Bertz CT molecular complexity index is 497. The van der Waals surface area contributed by atoms with Crippen LogP contribution in [0.2, 0.25) is 0 Å². The van der Waals surface area contributed by atoms with E-state index in [0.29, 0.717) is 0 Å². The lowest BCUT2D eigenvalue weighted by Crippen LogP contribution is -2.47. The van der Waals surface area contributed by atoms with Gasteiger partial charge in [0.2, 0.25) is 0 Å². The van der Waals surface area contributed by atoms with E-state index in [9.17, 15) is 5.11 Å². The van der Waals surface area contributed by atoms with E-state index in [-0.39, 0.29) is 11.5 Å². The summed E-state index contributed by atoms with van der Waals surface area (Å²) < 4.78 is 0. The van der Waals surface area contributed by atoms with Crippen molar-refractivity contribution >= 4 is 5.71 Å². The summed E-state index contributed by atoms with van der Waals surface area (Å²) >= 11 is 0. The molecule has 4 rings (SSSR count). The molecule has 21 heavy (non-hydrogen) atoms. The topological polar surface area (TPSA) is 58.6 Å². The second-order valence-electron chi connectivity index (χ2n) is 8.10. The summed E-state index contributed by atoms with van der Waals surface area (Å²) in [5.74, 6) is 8.71. The van der Waals surface area contributed by atoms with Gasteiger partial charge < -0.3 is 10.9 Å². The van der Waals surface area contributed by atoms with Gasteiger partial charge in [0, 0.05) is 0 Å².